The number of ether oxygens (including phenoxy) is 1. The van der Waals surface area contributed by atoms with Gasteiger partial charge in [0.1, 0.15) is 0 Å². The first-order valence-corrected chi connectivity index (χ1v) is 6.95. The van der Waals surface area contributed by atoms with Crippen molar-refractivity contribution in [3.8, 4) is 0 Å². The van der Waals surface area contributed by atoms with E-state index in [9.17, 15) is 0 Å². The number of hydrogen-bond donors (Lipinski definition) is 1. The molecule has 2 nitrogen and oxygen atoms in total. The third-order valence-corrected chi connectivity index (χ3v) is 4.37. The van der Waals surface area contributed by atoms with Gasteiger partial charge in [0.2, 0.25) is 0 Å². The summed E-state index contributed by atoms with van der Waals surface area (Å²) in [7, 11) is 1.79. The normalized spacial score (nSPS) is 17.6. The Morgan fingerprint density at radius 2 is 2.19 bits per heavy atom. The van der Waals surface area contributed by atoms with Crippen LogP contribution in [-0.2, 0) is 17.7 Å². The Morgan fingerprint density at radius 1 is 1.44 bits per heavy atom. The van der Waals surface area contributed by atoms with Crippen LogP contribution in [0.25, 0.3) is 0 Å². The molecule has 1 N–H and O–H groups in total. The number of hydrogen-bond acceptors (Lipinski definition) is 3. The molecule has 0 saturated heterocycles. The molecule has 1 aliphatic carbocycles. The molecule has 0 radical (unpaired) electrons. The summed E-state index contributed by atoms with van der Waals surface area (Å²) in [4.78, 5) is 2.92. The minimum Gasteiger partial charge on any atom is -0.383 e. The van der Waals surface area contributed by atoms with Crippen LogP contribution in [0.1, 0.15) is 29.5 Å². The molecule has 16 heavy (non-hydrogen) atoms. The highest BCUT2D eigenvalue weighted by atomic mass is 32.1. The van der Waals surface area contributed by atoms with E-state index in [1.807, 2.05) is 11.3 Å². The van der Waals surface area contributed by atoms with Crippen LogP contribution in [0.3, 0.4) is 0 Å². The first-order chi connectivity index (χ1) is 7.83. The van der Waals surface area contributed by atoms with Gasteiger partial charge in [-0.1, -0.05) is 6.92 Å². The van der Waals surface area contributed by atoms with Crippen molar-refractivity contribution in [3.05, 3.63) is 21.9 Å². The summed E-state index contributed by atoms with van der Waals surface area (Å²) in [6.07, 6.45) is 3.88. The second-order valence-electron chi connectivity index (χ2n) is 4.50. The summed E-state index contributed by atoms with van der Waals surface area (Å²) < 4.78 is 5.26. The van der Waals surface area contributed by atoms with Gasteiger partial charge >= 0.3 is 0 Å². The Morgan fingerprint density at radius 3 is 2.75 bits per heavy atom. The fourth-order valence-electron chi connectivity index (χ4n) is 1.98. The van der Waals surface area contributed by atoms with Crippen LogP contribution >= 0.6 is 11.3 Å². The average Bonchev–Trinajstić information content (AvgIpc) is 3.03. The van der Waals surface area contributed by atoms with E-state index in [2.05, 4.69) is 24.4 Å². The van der Waals surface area contributed by atoms with Crippen molar-refractivity contribution < 1.29 is 4.74 Å². The van der Waals surface area contributed by atoms with Gasteiger partial charge < -0.3 is 10.1 Å². The summed E-state index contributed by atoms with van der Waals surface area (Å²) in [6, 6.07) is 5.04. The molecule has 1 heterocycles. The Labute approximate surface area is 102 Å². The number of aryl methyl sites for hydroxylation is 1. The number of rotatable bonds is 7. The Hall–Kier alpha value is -0.380. The van der Waals surface area contributed by atoms with Crippen LogP contribution in [0.5, 0.6) is 0 Å². The minimum atomic E-state index is 0.553. The van der Waals surface area contributed by atoms with Gasteiger partial charge in [0.25, 0.3) is 0 Å². The fourth-order valence-corrected chi connectivity index (χ4v) is 2.89. The van der Waals surface area contributed by atoms with E-state index in [0.29, 0.717) is 6.04 Å². The summed E-state index contributed by atoms with van der Waals surface area (Å²) in [6.45, 7) is 4.05. The summed E-state index contributed by atoms with van der Waals surface area (Å²) >= 11 is 1.92. The van der Waals surface area contributed by atoms with Gasteiger partial charge in [0.05, 0.1) is 6.61 Å². The second kappa shape index (κ2) is 5.80. The zero-order valence-corrected chi connectivity index (χ0v) is 11.0. The van der Waals surface area contributed by atoms with E-state index in [4.69, 9.17) is 4.74 Å². The third kappa shape index (κ3) is 3.30. The van der Waals surface area contributed by atoms with Crippen LogP contribution < -0.4 is 5.32 Å². The van der Waals surface area contributed by atoms with Crippen LogP contribution in [-0.4, -0.2) is 19.8 Å². The quantitative estimate of drug-likeness (QED) is 0.790. The molecule has 1 fully saturated rings. The Balaban J connectivity index is 1.80. The Bertz CT molecular complexity index is 319. The minimum absolute atomic E-state index is 0.553. The maximum Gasteiger partial charge on any atom is 0.0618 e. The molecule has 0 aromatic carbocycles. The van der Waals surface area contributed by atoms with Crippen molar-refractivity contribution in [1.82, 2.24) is 5.32 Å². The molecule has 1 unspecified atom stereocenters. The molecule has 0 aliphatic heterocycles. The molecule has 1 atom stereocenters. The van der Waals surface area contributed by atoms with Gasteiger partial charge in [-0.05, 0) is 37.3 Å². The van der Waals surface area contributed by atoms with Crippen LogP contribution in [0.4, 0.5) is 0 Å². The summed E-state index contributed by atoms with van der Waals surface area (Å²) in [5.41, 5.74) is 0. The zero-order valence-electron chi connectivity index (χ0n) is 10.2. The van der Waals surface area contributed by atoms with Crippen molar-refractivity contribution in [1.29, 1.82) is 0 Å². The van der Waals surface area contributed by atoms with E-state index >= 15 is 0 Å². The molecule has 3 heteroatoms. The highest BCUT2D eigenvalue weighted by molar-refractivity contribution is 7.11. The van der Waals surface area contributed by atoms with Gasteiger partial charge in [-0.25, -0.2) is 0 Å². The predicted octanol–water partition coefficient (Wildman–Crippen LogP) is 2.83. The number of methoxy groups -OCH3 is 1. The largest absolute Gasteiger partial charge is 0.383 e. The highest BCUT2D eigenvalue weighted by Gasteiger charge is 2.30. The first kappa shape index (κ1) is 12.1. The predicted molar refractivity (Wildman–Crippen MR) is 68.9 cm³/mol. The number of nitrogens with one attached hydrogen (secondary N) is 1. The topological polar surface area (TPSA) is 21.3 Å². The summed E-state index contributed by atoms with van der Waals surface area (Å²) in [5.74, 6) is 0.852. The van der Waals surface area contributed by atoms with E-state index in [-0.39, 0.29) is 0 Å². The van der Waals surface area contributed by atoms with Gasteiger partial charge in [0, 0.05) is 29.5 Å². The van der Waals surface area contributed by atoms with Crippen LogP contribution in [0.2, 0.25) is 0 Å². The average molecular weight is 239 g/mol. The molecule has 0 spiro atoms. The lowest BCUT2D eigenvalue weighted by molar-refractivity contribution is 0.157. The lowest BCUT2D eigenvalue weighted by Crippen LogP contribution is -2.34. The molecule has 1 aliphatic rings. The highest BCUT2D eigenvalue weighted by Crippen LogP contribution is 2.33. The van der Waals surface area contributed by atoms with E-state index in [1.165, 1.54) is 22.6 Å². The van der Waals surface area contributed by atoms with E-state index in [0.717, 1.165) is 25.5 Å². The van der Waals surface area contributed by atoms with Crippen LogP contribution in [0, 0.1) is 5.92 Å². The molecule has 2 rings (SSSR count). The zero-order chi connectivity index (χ0) is 11.4. The number of thiophene rings is 1. The molecular formula is C13H21NOS. The molecule has 1 aromatic rings. The Kier molecular flexibility index (Phi) is 4.38. The van der Waals surface area contributed by atoms with Crippen molar-refractivity contribution in [2.75, 3.05) is 13.7 Å². The van der Waals surface area contributed by atoms with Crippen molar-refractivity contribution in [2.24, 2.45) is 5.92 Å². The van der Waals surface area contributed by atoms with Gasteiger partial charge in [-0.15, -0.1) is 11.3 Å². The molecular weight excluding hydrogens is 218 g/mol. The maximum atomic E-state index is 5.26. The van der Waals surface area contributed by atoms with Gasteiger partial charge in [-0.3, -0.25) is 0 Å². The van der Waals surface area contributed by atoms with E-state index in [1.54, 1.807) is 7.11 Å². The lowest BCUT2D eigenvalue weighted by atomic mass is 10.2. The molecule has 0 bridgehead atoms. The fraction of sp³-hybridized carbons (Fsp3) is 0.692. The third-order valence-electron chi connectivity index (χ3n) is 3.14. The van der Waals surface area contributed by atoms with E-state index < -0.39 is 0 Å². The lowest BCUT2D eigenvalue weighted by Gasteiger charge is -2.16. The first-order valence-electron chi connectivity index (χ1n) is 6.13. The standard InChI is InChI=1S/C13H21NOS/c1-3-11-6-7-12(16-11)8-14-13(9-15-2)10-4-5-10/h6-7,10,13-14H,3-5,8-9H2,1-2H3. The molecule has 90 valence electrons. The van der Waals surface area contributed by atoms with Gasteiger partial charge in [0.15, 0.2) is 0 Å². The van der Waals surface area contributed by atoms with Crippen molar-refractivity contribution in [3.63, 3.8) is 0 Å². The molecule has 1 aromatic heterocycles. The smallest absolute Gasteiger partial charge is 0.0618 e. The van der Waals surface area contributed by atoms with Crippen molar-refractivity contribution >= 4 is 11.3 Å². The summed E-state index contributed by atoms with van der Waals surface area (Å²) in [5, 5.41) is 3.62. The monoisotopic (exact) mass is 239 g/mol. The molecule has 1 saturated carbocycles. The maximum absolute atomic E-state index is 5.26. The van der Waals surface area contributed by atoms with Crippen LogP contribution in [0.15, 0.2) is 12.1 Å². The molecule has 0 amide bonds. The van der Waals surface area contributed by atoms with Crippen molar-refractivity contribution in [2.45, 2.75) is 38.8 Å². The van der Waals surface area contributed by atoms with Gasteiger partial charge in [-0.2, -0.15) is 0 Å². The SMILES string of the molecule is CCc1ccc(CNC(COC)C2CC2)s1. The second-order valence-corrected chi connectivity index (χ2v) is 5.75.